The van der Waals surface area contributed by atoms with Crippen molar-refractivity contribution >= 4 is 54.9 Å². The number of allylic oxidation sites excluding steroid dienone is 1. The molecule has 1 aromatic heterocycles. The summed E-state index contributed by atoms with van der Waals surface area (Å²) >= 11 is 7.79. The molecule has 32 heavy (non-hydrogen) atoms. The van der Waals surface area contributed by atoms with Crippen molar-refractivity contribution in [2.75, 3.05) is 18.0 Å². The lowest BCUT2D eigenvalue weighted by atomic mass is 9.89. The van der Waals surface area contributed by atoms with Gasteiger partial charge >= 0.3 is 0 Å². The van der Waals surface area contributed by atoms with Crippen LogP contribution >= 0.6 is 32.2 Å². The Kier molecular flexibility index (Phi) is 6.53. The van der Waals surface area contributed by atoms with Crippen molar-refractivity contribution in [3.8, 4) is 11.8 Å². The standard InChI is InChI=1S/C24H25ClN5PS/c1-15-19(9-11-24(3)10-4-12-27-14-24)32-23-21(15)22(17-5-7-18(25)8-6-17)28-13-20(31)30(23)16(2)29-26/h4-8,10,12,20H,13-14,26,31H2,1-3H3/b29-16-/t20-,24?/m0/s1. The van der Waals surface area contributed by atoms with Gasteiger partial charge in [-0.1, -0.05) is 41.7 Å². The summed E-state index contributed by atoms with van der Waals surface area (Å²) in [5.74, 6) is 13.3. The number of benzene rings is 1. The van der Waals surface area contributed by atoms with Crippen LogP contribution in [-0.4, -0.2) is 36.6 Å². The number of halogens is 1. The average molecular weight is 482 g/mol. The summed E-state index contributed by atoms with van der Waals surface area (Å²) in [5.41, 5.74) is 3.86. The molecule has 0 saturated heterocycles. The number of amidine groups is 1. The van der Waals surface area contributed by atoms with Crippen molar-refractivity contribution in [1.82, 2.24) is 0 Å². The highest BCUT2D eigenvalue weighted by Gasteiger charge is 2.31. The Morgan fingerprint density at radius 3 is 2.78 bits per heavy atom. The first-order valence-electron chi connectivity index (χ1n) is 10.3. The molecule has 2 aromatic rings. The Morgan fingerprint density at radius 1 is 1.38 bits per heavy atom. The number of dihydropyridines is 1. The van der Waals surface area contributed by atoms with Crippen LogP contribution in [0.15, 0.2) is 51.5 Å². The van der Waals surface area contributed by atoms with Gasteiger partial charge in [0.15, 0.2) is 0 Å². The monoisotopic (exact) mass is 481 g/mol. The SMILES string of the molecule is C/C(=N/N)N1c2sc(C#CC3(C)C=CC=NC3)c(C)c2C(c2ccc(Cl)cc2)=NC[C@@H]1P. The van der Waals surface area contributed by atoms with E-state index in [1.54, 1.807) is 11.3 Å². The van der Waals surface area contributed by atoms with E-state index < -0.39 is 0 Å². The maximum atomic E-state index is 6.14. The van der Waals surface area contributed by atoms with Gasteiger partial charge in [0.1, 0.15) is 10.8 Å². The maximum absolute atomic E-state index is 6.14. The van der Waals surface area contributed by atoms with Crippen LogP contribution in [0.4, 0.5) is 5.00 Å². The van der Waals surface area contributed by atoms with Crippen molar-refractivity contribution in [2.45, 2.75) is 26.6 Å². The minimum Gasteiger partial charge on any atom is -0.322 e. The fraction of sp³-hybridized carbons (Fsp3) is 0.292. The fourth-order valence-electron chi connectivity index (χ4n) is 3.75. The van der Waals surface area contributed by atoms with Crippen molar-refractivity contribution in [3.05, 3.63) is 63.0 Å². The van der Waals surface area contributed by atoms with Gasteiger partial charge in [-0.05, 0) is 44.5 Å². The summed E-state index contributed by atoms with van der Waals surface area (Å²) in [6.07, 6.45) is 5.89. The molecule has 2 unspecified atom stereocenters. The van der Waals surface area contributed by atoms with E-state index in [1.807, 2.05) is 43.5 Å². The number of nitrogens with zero attached hydrogens (tertiary/aromatic N) is 4. The van der Waals surface area contributed by atoms with Crippen LogP contribution in [0.5, 0.6) is 0 Å². The topological polar surface area (TPSA) is 66.3 Å². The Bertz CT molecular complexity index is 1220. The molecule has 164 valence electrons. The van der Waals surface area contributed by atoms with E-state index in [9.17, 15) is 0 Å². The summed E-state index contributed by atoms with van der Waals surface area (Å²) < 4.78 is 0. The van der Waals surface area contributed by atoms with Gasteiger partial charge in [-0.25, -0.2) is 0 Å². The third-order valence-electron chi connectivity index (χ3n) is 5.54. The first-order valence-corrected chi connectivity index (χ1v) is 12.1. The fourth-order valence-corrected chi connectivity index (χ4v) is 5.72. The Balaban J connectivity index is 1.89. The summed E-state index contributed by atoms with van der Waals surface area (Å²) in [5, 5.41) is 5.74. The second-order valence-electron chi connectivity index (χ2n) is 8.06. The van der Waals surface area contributed by atoms with E-state index in [0.717, 1.165) is 38.1 Å². The Hall–Kier alpha value is -2.45. The van der Waals surface area contributed by atoms with Crippen molar-refractivity contribution in [3.63, 3.8) is 0 Å². The number of nitrogens with two attached hydrogens (primary N) is 1. The molecule has 4 rings (SSSR count). The van der Waals surface area contributed by atoms with E-state index >= 15 is 0 Å². The van der Waals surface area contributed by atoms with Gasteiger partial charge in [-0.15, -0.1) is 20.6 Å². The normalized spacial score (nSPS) is 22.7. The van der Waals surface area contributed by atoms with Gasteiger partial charge in [-0.3, -0.25) is 9.98 Å². The Labute approximate surface area is 200 Å². The summed E-state index contributed by atoms with van der Waals surface area (Å²) in [6, 6.07) is 7.81. The molecule has 0 saturated carbocycles. The number of anilines is 1. The molecule has 0 amide bonds. The van der Waals surface area contributed by atoms with Crippen LogP contribution in [0.25, 0.3) is 0 Å². The molecule has 0 spiro atoms. The van der Waals surface area contributed by atoms with Crippen molar-refractivity contribution in [2.24, 2.45) is 26.3 Å². The second-order valence-corrected chi connectivity index (χ2v) is 10.3. The van der Waals surface area contributed by atoms with Gasteiger partial charge in [0.25, 0.3) is 0 Å². The molecule has 2 aliphatic heterocycles. The highest BCUT2D eigenvalue weighted by Crippen LogP contribution is 2.41. The molecule has 3 heterocycles. The Morgan fingerprint density at radius 2 is 2.12 bits per heavy atom. The minimum absolute atomic E-state index is 0.0258. The molecular formula is C24H25ClN5PS. The van der Waals surface area contributed by atoms with E-state index in [0.29, 0.717) is 18.1 Å². The molecule has 0 radical (unpaired) electrons. The number of hydrazone groups is 1. The summed E-state index contributed by atoms with van der Waals surface area (Å²) in [7, 11) is 2.87. The summed E-state index contributed by atoms with van der Waals surface area (Å²) in [6.45, 7) is 7.39. The minimum atomic E-state index is -0.271. The van der Waals surface area contributed by atoms with Crippen LogP contribution in [0.3, 0.4) is 0 Å². The molecule has 0 bridgehead atoms. The molecule has 0 fully saturated rings. The highest BCUT2D eigenvalue weighted by atomic mass is 35.5. The zero-order valence-corrected chi connectivity index (χ0v) is 21.0. The lowest BCUT2D eigenvalue weighted by Crippen LogP contribution is -2.37. The molecule has 3 atom stereocenters. The highest BCUT2D eigenvalue weighted by molar-refractivity contribution is 7.20. The van der Waals surface area contributed by atoms with Crippen LogP contribution in [0, 0.1) is 24.2 Å². The zero-order valence-electron chi connectivity index (χ0n) is 18.3. The molecule has 2 aliphatic rings. The third kappa shape index (κ3) is 4.38. The number of rotatable bonds is 1. The smallest absolute Gasteiger partial charge is 0.127 e. The predicted octanol–water partition coefficient (Wildman–Crippen LogP) is 4.86. The molecule has 8 heteroatoms. The number of hydrogen-bond donors (Lipinski definition) is 1. The van der Waals surface area contributed by atoms with E-state index in [1.165, 1.54) is 0 Å². The third-order valence-corrected chi connectivity index (χ3v) is 7.51. The second kappa shape index (κ2) is 9.19. The van der Waals surface area contributed by atoms with Crippen molar-refractivity contribution in [1.29, 1.82) is 0 Å². The van der Waals surface area contributed by atoms with E-state index in [2.05, 4.69) is 56.0 Å². The lowest BCUT2D eigenvalue weighted by molar-refractivity contribution is 0.589. The van der Waals surface area contributed by atoms with Crippen LogP contribution < -0.4 is 10.7 Å². The van der Waals surface area contributed by atoms with Gasteiger partial charge in [0.05, 0.1) is 34.9 Å². The van der Waals surface area contributed by atoms with Gasteiger partial charge in [-0.2, -0.15) is 5.10 Å². The molecule has 2 N–H and O–H groups in total. The largest absolute Gasteiger partial charge is 0.322 e. The lowest BCUT2D eigenvalue weighted by Gasteiger charge is -2.27. The predicted molar refractivity (Wildman–Crippen MR) is 142 cm³/mol. The molecule has 1 aromatic carbocycles. The number of aliphatic imine (C=N–C) groups is 2. The van der Waals surface area contributed by atoms with Crippen molar-refractivity contribution < 1.29 is 0 Å². The van der Waals surface area contributed by atoms with Gasteiger partial charge in [0.2, 0.25) is 0 Å². The van der Waals surface area contributed by atoms with E-state index in [4.69, 9.17) is 22.4 Å². The van der Waals surface area contributed by atoms with Crippen LogP contribution in [0.2, 0.25) is 5.02 Å². The summed E-state index contributed by atoms with van der Waals surface area (Å²) in [4.78, 5) is 12.5. The molecule has 5 nitrogen and oxygen atoms in total. The van der Waals surface area contributed by atoms with Crippen LogP contribution in [-0.2, 0) is 0 Å². The first-order chi connectivity index (χ1) is 15.3. The van der Waals surface area contributed by atoms with E-state index in [-0.39, 0.29) is 11.2 Å². The first kappa shape index (κ1) is 22.7. The maximum Gasteiger partial charge on any atom is 0.127 e. The number of hydrogen-bond acceptors (Lipinski definition) is 5. The average Bonchev–Trinajstić information content (AvgIpc) is 3.01. The zero-order chi connectivity index (χ0) is 22.9. The van der Waals surface area contributed by atoms with Gasteiger partial charge < -0.3 is 10.7 Å². The van der Waals surface area contributed by atoms with Gasteiger partial charge in [0, 0.05) is 22.4 Å². The number of thiophene rings is 1. The number of fused-ring (bicyclic) bond motifs is 1. The quantitative estimate of drug-likeness (QED) is 0.158. The van der Waals surface area contributed by atoms with Crippen LogP contribution in [0.1, 0.15) is 35.4 Å². The molecular weight excluding hydrogens is 457 g/mol. The molecule has 0 aliphatic carbocycles.